The lowest BCUT2D eigenvalue weighted by Crippen LogP contribution is -2.04. The minimum atomic E-state index is 0.537. The number of nitrogens with two attached hydrogens (primary N) is 1. The highest BCUT2D eigenvalue weighted by molar-refractivity contribution is 6.14. The molecule has 4 heteroatoms. The van der Waals surface area contributed by atoms with Crippen LogP contribution in [0, 0.1) is 0 Å². The van der Waals surface area contributed by atoms with Crippen LogP contribution in [0.1, 0.15) is 23.6 Å². The predicted octanol–water partition coefficient (Wildman–Crippen LogP) is 4.89. The van der Waals surface area contributed by atoms with Crippen molar-refractivity contribution >= 4 is 23.3 Å². The average Bonchev–Trinajstić information content (AvgIpc) is 2.70. The highest BCUT2D eigenvalue weighted by Crippen LogP contribution is 2.33. The first-order valence-corrected chi connectivity index (χ1v) is 8.91. The van der Waals surface area contributed by atoms with E-state index >= 15 is 0 Å². The van der Waals surface area contributed by atoms with E-state index in [0.717, 1.165) is 28.1 Å². The molecule has 0 aliphatic rings. The van der Waals surface area contributed by atoms with Gasteiger partial charge >= 0.3 is 0 Å². The summed E-state index contributed by atoms with van der Waals surface area (Å²) in [7, 11) is 1.72. The Balaban J connectivity index is 2.21. The average molecular weight is 357 g/mol. The lowest BCUT2D eigenvalue weighted by Gasteiger charge is -2.13. The van der Waals surface area contributed by atoms with Gasteiger partial charge in [0.2, 0.25) is 0 Å². The van der Waals surface area contributed by atoms with Gasteiger partial charge in [0.05, 0.1) is 12.3 Å². The van der Waals surface area contributed by atoms with Crippen LogP contribution in [0.15, 0.2) is 82.8 Å². The molecule has 3 rings (SSSR count). The Labute approximate surface area is 160 Å². The monoisotopic (exact) mass is 357 g/mol. The van der Waals surface area contributed by atoms with Gasteiger partial charge in [0, 0.05) is 41.7 Å². The number of ether oxygens (including phenoxy) is 1. The Morgan fingerprint density at radius 3 is 2.07 bits per heavy atom. The van der Waals surface area contributed by atoms with E-state index in [0.29, 0.717) is 18.0 Å². The van der Waals surface area contributed by atoms with E-state index in [2.05, 4.69) is 29.3 Å². The molecule has 0 fully saturated rings. The molecular formula is C23H23N3O. The minimum absolute atomic E-state index is 0.537. The number of hydrogen-bond acceptors (Lipinski definition) is 4. The third-order valence-electron chi connectivity index (χ3n) is 4.06. The first-order valence-electron chi connectivity index (χ1n) is 8.91. The van der Waals surface area contributed by atoms with Gasteiger partial charge in [-0.1, -0.05) is 60.7 Å². The fourth-order valence-corrected chi connectivity index (χ4v) is 2.82. The van der Waals surface area contributed by atoms with Gasteiger partial charge in [-0.3, -0.25) is 4.99 Å². The summed E-state index contributed by atoms with van der Waals surface area (Å²) < 4.78 is 5.79. The van der Waals surface area contributed by atoms with Crippen molar-refractivity contribution in [3.8, 4) is 5.75 Å². The summed E-state index contributed by atoms with van der Waals surface area (Å²) in [5.41, 5.74) is 11.2. The molecule has 0 saturated heterocycles. The normalized spacial score (nSPS) is 10.7. The predicted molar refractivity (Wildman–Crippen MR) is 114 cm³/mol. The Hall–Kier alpha value is -3.40. The second-order valence-corrected chi connectivity index (χ2v) is 5.96. The van der Waals surface area contributed by atoms with Crippen LogP contribution in [0.5, 0.6) is 5.75 Å². The molecule has 0 unspecified atom stereocenters. The second-order valence-electron chi connectivity index (χ2n) is 5.96. The van der Waals surface area contributed by atoms with Gasteiger partial charge in [0.15, 0.2) is 0 Å². The SMILES string of the molecule is CCOc1cc(N)c(C=NC)cc1N=C(c1ccccc1)c1ccccc1. The van der Waals surface area contributed by atoms with E-state index in [-0.39, 0.29) is 0 Å². The lowest BCUT2D eigenvalue weighted by atomic mass is 10.0. The van der Waals surface area contributed by atoms with Crippen LogP contribution in [0.4, 0.5) is 11.4 Å². The molecule has 0 heterocycles. The highest BCUT2D eigenvalue weighted by atomic mass is 16.5. The Morgan fingerprint density at radius 1 is 0.963 bits per heavy atom. The molecule has 0 spiro atoms. The number of rotatable bonds is 6. The van der Waals surface area contributed by atoms with Crippen molar-refractivity contribution in [2.24, 2.45) is 9.98 Å². The van der Waals surface area contributed by atoms with Gasteiger partial charge in [-0.05, 0) is 13.0 Å². The van der Waals surface area contributed by atoms with Crippen LogP contribution < -0.4 is 10.5 Å². The van der Waals surface area contributed by atoms with E-state index in [1.54, 1.807) is 13.3 Å². The third-order valence-corrected chi connectivity index (χ3v) is 4.06. The van der Waals surface area contributed by atoms with Gasteiger partial charge in [0.25, 0.3) is 0 Å². The fourth-order valence-electron chi connectivity index (χ4n) is 2.82. The van der Waals surface area contributed by atoms with Crippen LogP contribution >= 0.6 is 0 Å². The molecule has 3 aromatic carbocycles. The molecule has 3 aromatic rings. The molecule has 136 valence electrons. The number of hydrogen-bond donors (Lipinski definition) is 1. The third kappa shape index (κ3) is 4.42. The van der Waals surface area contributed by atoms with Crippen LogP contribution in [0.2, 0.25) is 0 Å². The quantitative estimate of drug-likeness (QED) is 0.504. The summed E-state index contributed by atoms with van der Waals surface area (Å²) in [6.45, 7) is 2.48. The standard InChI is InChI=1S/C23H23N3O/c1-3-27-22-15-20(24)19(16-25-2)14-21(22)26-23(17-10-6-4-7-11-17)18-12-8-5-9-13-18/h4-16H,3,24H2,1-2H3. The van der Waals surface area contributed by atoms with Crippen molar-refractivity contribution in [3.05, 3.63) is 89.5 Å². The molecule has 0 radical (unpaired) electrons. The molecule has 2 N–H and O–H groups in total. The van der Waals surface area contributed by atoms with E-state index in [1.807, 2.05) is 55.5 Å². The van der Waals surface area contributed by atoms with Gasteiger partial charge in [-0.25, -0.2) is 4.99 Å². The van der Waals surface area contributed by atoms with E-state index in [4.69, 9.17) is 15.5 Å². The molecule has 0 aliphatic heterocycles. The lowest BCUT2D eigenvalue weighted by molar-refractivity contribution is 0.341. The van der Waals surface area contributed by atoms with Crippen molar-refractivity contribution < 1.29 is 4.74 Å². The largest absolute Gasteiger partial charge is 0.492 e. The zero-order chi connectivity index (χ0) is 19.1. The van der Waals surface area contributed by atoms with Gasteiger partial charge in [-0.2, -0.15) is 0 Å². The summed E-state index contributed by atoms with van der Waals surface area (Å²) in [6, 6.07) is 24.0. The summed E-state index contributed by atoms with van der Waals surface area (Å²) in [4.78, 5) is 9.06. The van der Waals surface area contributed by atoms with Gasteiger partial charge < -0.3 is 10.5 Å². The number of nitrogen functional groups attached to an aromatic ring is 1. The van der Waals surface area contributed by atoms with Crippen LogP contribution in [0.3, 0.4) is 0 Å². The van der Waals surface area contributed by atoms with Crippen molar-refractivity contribution in [2.75, 3.05) is 19.4 Å². The first-order chi connectivity index (χ1) is 13.2. The highest BCUT2D eigenvalue weighted by Gasteiger charge is 2.12. The summed E-state index contributed by atoms with van der Waals surface area (Å²) in [5, 5.41) is 0. The molecule has 4 nitrogen and oxygen atoms in total. The van der Waals surface area contributed by atoms with Crippen molar-refractivity contribution in [3.63, 3.8) is 0 Å². The molecule has 0 bridgehead atoms. The maximum atomic E-state index is 6.14. The maximum absolute atomic E-state index is 6.14. The molecule has 0 saturated carbocycles. The van der Waals surface area contributed by atoms with E-state index in [9.17, 15) is 0 Å². The maximum Gasteiger partial charge on any atom is 0.146 e. The van der Waals surface area contributed by atoms with Crippen LogP contribution in [-0.4, -0.2) is 25.6 Å². The number of nitrogens with zero attached hydrogens (tertiary/aromatic N) is 2. The fraction of sp³-hybridized carbons (Fsp3) is 0.130. The smallest absolute Gasteiger partial charge is 0.146 e. The first kappa shape index (κ1) is 18.4. The Bertz CT molecular complexity index is 907. The Morgan fingerprint density at radius 2 is 1.56 bits per heavy atom. The number of benzene rings is 3. The minimum Gasteiger partial charge on any atom is -0.492 e. The van der Waals surface area contributed by atoms with E-state index in [1.165, 1.54) is 0 Å². The van der Waals surface area contributed by atoms with Crippen molar-refractivity contribution in [1.29, 1.82) is 0 Å². The summed E-state index contributed by atoms with van der Waals surface area (Å²) in [6.07, 6.45) is 1.73. The second kappa shape index (κ2) is 8.81. The Kier molecular flexibility index (Phi) is 6.00. The summed E-state index contributed by atoms with van der Waals surface area (Å²) >= 11 is 0. The van der Waals surface area contributed by atoms with E-state index < -0.39 is 0 Å². The topological polar surface area (TPSA) is 60.0 Å². The molecule has 27 heavy (non-hydrogen) atoms. The zero-order valence-electron chi connectivity index (χ0n) is 15.6. The van der Waals surface area contributed by atoms with Crippen molar-refractivity contribution in [2.45, 2.75) is 6.92 Å². The summed E-state index contributed by atoms with van der Waals surface area (Å²) in [5.74, 6) is 0.660. The molecule has 0 atom stereocenters. The van der Waals surface area contributed by atoms with Crippen LogP contribution in [0.25, 0.3) is 0 Å². The molecular weight excluding hydrogens is 334 g/mol. The number of aliphatic imine (C=N–C) groups is 2. The molecule has 0 aromatic heterocycles. The zero-order valence-corrected chi connectivity index (χ0v) is 15.6. The van der Waals surface area contributed by atoms with Gasteiger partial charge in [-0.15, -0.1) is 0 Å². The van der Waals surface area contributed by atoms with Crippen molar-refractivity contribution in [1.82, 2.24) is 0 Å². The molecule has 0 aliphatic carbocycles. The van der Waals surface area contributed by atoms with Crippen LogP contribution in [-0.2, 0) is 0 Å². The molecule has 0 amide bonds. The van der Waals surface area contributed by atoms with Gasteiger partial charge in [0.1, 0.15) is 11.4 Å². The number of anilines is 1.